The van der Waals surface area contributed by atoms with Gasteiger partial charge in [0.25, 0.3) is 0 Å². The molecule has 0 unspecified atom stereocenters. The molecule has 9 nitrogen and oxygen atoms in total. The predicted molar refractivity (Wildman–Crippen MR) is 407 cm³/mol. The van der Waals surface area contributed by atoms with E-state index in [0.29, 0.717) is 41.2 Å². The van der Waals surface area contributed by atoms with Gasteiger partial charge in [-0.3, -0.25) is 5.41 Å². The number of hydrogen-bond acceptors (Lipinski definition) is 7. The second-order valence-electron chi connectivity index (χ2n) is 27.6. The fraction of sp³-hybridized carbons (Fsp3) is 0.607. The minimum Gasteiger partial charge on any atom is -0.451 e. The number of fused-ring (bicyclic) bond motifs is 4. The van der Waals surface area contributed by atoms with Gasteiger partial charge in [0, 0.05) is 64.5 Å². The van der Waals surface area contributed by atoms with E-state index in [4.69, 9.17) is 29.7 Å². The summed E-state index contributed by atoms with van der Waals surface area (Å²) in [6.07, 6.45) is 49.4. The van der Waals surface area contributed by atoms with Crippen molar-refractivity contribution in [2.45, 2.75) is 319 Å². The SMILES string of the molecule is CCCCCCc1ccc(CCCCCC)c2c1C(=N)N=C2N=C1NC(=NC2=NC(=NC3=c4c(CCCCCC)ccc(CCCCCC)c4=CC3)c3c(CCCCCC)ccc(CCCCCC)c32)c2c(CCCCCC)cc(C(=O)OCSC)c(CCCCCC)c21.[Zn]. The Morgan fingerprint density at radius 2 is 0.842 bits per heavy atom. The van der Waals surface area contributed by atoms with Crippen molar-refractivity contribution in [2.24, 2.45) is 25.0 Å². The number of ether oxygens (including phenoxy) is 1. The maximum atomic E-state index is 14.9. The van der Waals surface area contributed by atoms with E-state index in [9.17, 15) is 10.2 Å². The molecule has 512 valence electrons. The summed E-state index contributed by atoms with van der Waals surface area (Å²) in [5.41, 5.74) is 17.8. The molecule has 0 saturated heterocycles. The molecular formula is C84H121N7O2SZn. The molecule has 8 rings (SSSR count). The van der Waals surface area contributed by atoms with Crippen LogP contribution in [-0.4, -0.2) is 53.2 Å². The number of thioether (sulfide) groups is 1. The fourth-order valence-corrected chi connectivity index (χ4v) is 15.1. The number of aliphatic imine (C=N–C) groups is 5. The van der Waals surface area contributed by atoms with Crippen molar-refractivity contribution < 1.29 is 29.0 Å². The molecule has 0 amide bonds. The smallest absolute Gasteiger partial charge is 0.339 e. The third-order valence-electron chi connectivity index (χ3n) is 20.1. The molecule has 2 N–H and O–H groups in total. The van der Waals surface area contributed by atoms with Gasteiger partial charge >= 0.3 is 5.97 Å². The van der Waals surface area contributed by atoms with Gasteiger partial charge in [-0.1, -0.05) is 252 Å². The van der Waals surface area contributed by atoms with Crippen LogP contribution in [-0.2, 0) is 75.6 Å². The first-order valence-electron chi connectivity index (χ1n) is 38.5. The third kappa shape index (κ3) is 21.0. The molecule has 0 atom stereocenters. The molecule has 95 heavy (non-hydrogen) atoms. The molecule has 4 aliphatic rings. The molecule has 0 spiro atoms. The van der Waals surface area contributed by atoms with E-state index >= 15 is 0 Å². The number of carbonyl (C=O) groups excluding carboxylic acids is 1. The van der Waals surface area contributed by atoms with Gasteiger partial charge in [0.2, 0.25) is 0 Å². The van der Waals surface area contributed by atoms with Crippen molar-refractivity contribution >= 4 is 64.5 Å². The number of esters is 1. The Hall–Kier alpha value is -5.12. The summed E-state index contributed by atoms with van der Waals surface area (Å²) in [5.74, 6) is 3.69. The number of nitrogens with zero attached hydrogens (tertiary/aromatic N) is 5. The summed E-state index contributed by atoms with van der Waals surface area (Å²) < 4.78 is 6.15. The first kappa shape index (κ1) is 77.2. The first-order chi connectivity index (χ1) is 46.2. The number of hydrogen-bond donors (Lipinski definition) is 2. The van der Waals surface area contributed by atoms with Crippen LogP contribution < -0.4 is 15.8 Å². The van der Waals surface area contributed by atoms with Gasteiger partial charge in [-0.15, -0.1) is 11.8 Å². The monoisotopic (exact) mass is 1360 g/mol. The standard InChI is InChI=1S/C84H121N7O2S.Zn/c1-10-18-26-34-42-60-50-51-61(43-35-27-19-11-2)71-67(60)56-57-70(71)86-79-74-64(46-38-30-22-14-5)54-55-65(47-39-31-23-15-6)75(74)81(88-79)90-82-76-66(48-40-32-24-16-7)58-69(84(92)93-59-94-9)68(49-41-33-25-17-8)77(76)83(91-82)89-80-73-63(45-37-29-21-13-4)53-52-62(44-36-28-20-12-3)72(73)78(85)87-80;/h50-56,58H,10-49,57,59H2,1-9H3,(H2,85,86,87,88,89,90,91);. The topological polar surface area (TPSA) is 124 Å². The number of unbranched alkanes of at least 4 members (excludes halogenated alkanes) is 24. The average molecular weight is 1360 g/mol. The van der Waals surface area contributed by atoms with E-state index in [1.807, 2.05) is 6.26 Å². The van der Waals surface area contributed by atoms with E-state index in [1.165, 1.54) is 171 Å². The molecule has 0 radical (unpaired) electrons. The molecule has 3 aliphatic heterocycles. The molecular weight excluding hydrogens is 1240 g/mol. The Balaban J connectivity index is 0.0000128. The number of aryl methyl sites for hydroxylation is 7. The van der Waals surface area contributed by atoms with Crippen LogP contribution in [0.4, 0.5) is 0 Å². The molecule has 4 aromatic carbocycles. The van der Waals surface area contributed by atoms with E-state index in [2.05, 4.69) is 109 Å². The third-order valence-corrected chi connectivity index (χ3v) is 20.5. The van der Waals surface area contributed by atoms with Crippen LogP contribution in [0.2, 0.25) is 0 Å². The van der Waals surface area contributed by atoms with Gasteiger partial charge in [0.05, 0.1) is 11.3 Å². The molecule has 0 saturated carbocycles. The van der Waals surface area contributed by atoms with Crippen LogP contribution in [0.5, 0.6) is 0 Å². The zero-order chi connectivity index (χ0) is 66.4. The van der Waals surface area contributed by atoms with Gasteiger partial charge in [0.1, 0.15) is 17.6 Å². The summed E-state index contributed by atoms with van der Waals surface area (Å²) in [6, 6.07) is 16.5. The number of rotatable bonds is 44. The summed E-state index contributed by atoms with van der Waals surface area (Å²) >= 11 is 1.52. The van der Waals surface area contributed by atoms with Crippen LogP contribution in [0.15, 0.2) is 67.4 Å². The molecule has 11 heteroatoms. The van der Waals surface area contributed by atoms with Gasteiger partial charge in [-0.05, 0) is 165 Å². The van der Waals surface area contributed by atoms with Crippen LogP contribution in [0.25, 0.3) is 11.8 Å². The van der Waals surface area contributed by atoms with Crippen LogP contribution in [0.3, 0.4) is 0 Å². The van der Waals surface area contributed by atoms with E-state index in [-0.39, 0.29) is 31.4 Å². The Kier molecular flexibility index (Phi) is 34.1. The predicted octanol–water partition coefficient (Wildman–Crippen LogP) is 21.2. The van der Waals surface area contributed by atoms with E-state index in [1.54, 1.807) is 0 Å². The second-order valence-corrected chi connectivity index (χ2v) is 28.4. The molecule has 3 heterocycles. The van der Waals surface area contributed by atoms with Crippen molar-refractivity contribution in [1.82, 2.24) is 5.32 Å². The summed E-state index contributed by atoms with van der Waals surface area (Å²) in [7, 11) is 0. The Morgan fingerprint density at radius 1 is 0.453 bits per heavy atom. The minimum atomic E-state index is -0.292. The summed E-state index contributed by atoms with van der Waals surface area (Å²) in [6.45, 7) is 18.3. The number of amidine groups is 6. The Labute approximate surface area is 592 Å². The maximum absolute atomic E-state index is 14.9. The van der Waals surface area contributed by atoms with Gasteiger partial charge in [-0.2, -0.15) is 0 Å². The van der Waals surface area contributed by atoms with Crippen molar-refractivity contribution in [1.29, 1.82) is 5.41 Å². The van der Waals surface area contributed by atoms with Crippen molar-refractivity contribution in [3.63, 3.8) is 0 Å². The Bertz CT molecular complexity index is 3460. The first-order valence-corrected chi connectivity index (χ1v) is 39.9. The Morgan fingerprint density at radius 3 is 1.33 bits per heavy atom. The minimum absolute atomic E-state index is 0. The molecule has 4 aromatic rings. The van der Waals surface area contributed by atoms with Gasteiger partial charge in [0.15, 0.2) is 23.3 Å². The van der Waals surface area contributed by atoms with Crippen LogP contribution in [0.1, 0.15) is 356 Å². The molecule has 0 fully saturated rings. The van der Waals surface area contributed by atoms with Crippen LogP contribution in [0, 0.1) is 5.41 Å². The quantitative estimate of drug-likeness (QED) is 0.0198. The van der Waals surface area contributed by atoms with Gasteiger partial charge in [-0.25, -0.2) is 29.8 Å². The summed E-state index contributed by atoms with van der Waals surface area (Å²) in [4.78, 5) is 43.6. The number of nitrogens with one attached hydrogen (secondary N) is 2. The zero-order valence-electron chi connectivity index (χ0n) is 61.0. The molecule has 0 aromatic heterocycles. The maximum Gasteiger partial charge on any atom is 0.339 e. The second kappa shape index (κ2) is 42.0. The fourth-order valence-electron chi connectivity index (χ4n) is 14.8. The average Bonchev–Trinajstić information content (AvgIpc) is 1.61. The number of benzene rings is 4. The van der Waals surface area contributed by atoms with Crippen molar-refractivity contribution in [2.75, 3.05) is 12.2 Å². The normalized spacial score (nSPS) is 14.9. The number of carbonyl (C=O) groups is 1. The molecule has 0 bridgehead atoms. The van der Waals surface area contributed by atoms with Crippen molar-refractivity contribution in [3.05, 3.63) is 136 Å². The van der Waals surface area contributed by atoms with Gasteiger partial charge < -0.3 is 10.1 Å². The van der Waals surface area contributed by atoms with E-state index in [0.717, 1.165) is 197 Å². The largest absolute Gasteiger partial charge is 0.451 e. The zero-order valence-corrected chi connectivity index (χ0v) is 64.8. The van der Waals surface area contributed by atoms with Crippen molar-refractivity contribution in [3.8, 4) is 0 Å². The summed E-state index contributed by atoms with van der Waals surface area (Å²) in [5, 5.41) is 16.5. The van der Waals surface area contributed by atoms with Crippen LogP contribution >= 0.6 is 11.8 Å². The molecule has 1 aliphatic carbocycles. The van der Waals surface area contributed by atoms with E-state index < -0.39 is 0 Å².